The average Bonchev–Trinajstić information content (AvgIpc) is 3.14. The molecular formula is C21H19N3O4. The van der Waals surface area contributed by atoms with Gasteiger partial charge in [-0.25, -0.2) is 4.98 Å². The zero-order valence-corrected chi connectivity index (χ0v) is 15.6. The number of benzene rings is 2. The number of rotatable bonds is 4. The monoisotopic (exact) mass is 377 g/mol. The van der Waals surface area contributed by atoms with Crippen LogP contribution in [0.5, 0.6) is 11.5 Å². The van der Waals surface area contributed by atoms with E-state index in [0.29, 0.717) is 17.2 Å². The Morgan fingerprint density at radius 2 is 1.93 bits per heavy atom. The van der Waals surface area contributed by atoms with Gasteiger partial charge < -0.3 is 14.8 Å². The van der Waals surface area contributed by atoms with E-state index >= 15 is 0 Å². The van der Waals surface area contributed by atoms with Gasteiger partial charge in [-0.05, 0) is 49.2 Å². The molecule has 1 aliphatic heterocycles. The van der Waals surface area contributed by atoms with Crippen LogP contribution in [0.4, 0.5) is 5.69 Å². The quantitative estimate of drug-likeness (QED) is 0.756. The summed E-state index contributed by atoms with van der Waals surface area (Å²) >= 11 is 0. The molecule has 0 radical (unpaired) electrons. The first-order valence-corrected chi connectivity index (χ1v) is 8.83. The van der Waals surface area contributed by atoms with Crippen LogP contribution in [0.2, 0.25) is 0 Å². The van der Waals surface area contributed by atoms with E-state index in [1.165, 1.54) is 17.0 Å². The maximum Gasteiger partial charge on any atom is 0.254 e. The molecule has 0 atom stereocenters. The second-order valence-corrected chi connectivity index (χ2v) is 6.67. The van der Waals surface area contributed by atoms with Crippen LogP contribution in [-0.2, 0) is 11.3 Å². The Morgan fingerprint density at radius 1 is 1.11 bits per heavy atom. The minimum atomic E-state index is -0.307. The molecule has 142 valence electrons. The predicted molar refractivity (Wildman–Crippen MR) is 105 cm³/mol. The van der Waals surface area contributed by atoms with E-state index in [4.69, 9.17) is 9.47 Å². The standard InChI is InChI=1S/C21H19N3O4/c1-13-3-4-14(2)16(7-13)23-20(25)10-24-11-22-17(9-21(24)26)15-5-6-18-19(8-15)28-12-27-18/h3-9,11H,10,12H2,1-2H3,(H,23,25). The van der Waals surface area contributed by atoms with Crippen molar-refractivity contribution in [2.75, 3.05) is 12.1 Å². The van der Waals surface area contributed by atoms with Crippen molar-refractivity contribution in [2.45, 2.75) is 20.4 Å². The summed E-state index contributed by atoms with van der Waals surface area (Å²) in [6.45, 7) is 3.95. The molecule has 1 aromatic heterocycles. The lowest BCUT2D eigenvalue weighted by Gasteiger charge is -2.11. The van der Waals surface area contributed by atoms with Crippen LogP contribution < -0.4 is 20.3 Å². The molecule has 7 nitrogen and oxygen atoms in total. The third-order valence-corrected chi connectivity index (χ3v) is 4.53. The smallest absolute Gasteiger partial charge is 0.254 e. The molecule has 1 aliphatic rings. The van der Waals surface area contributed by atoms with Crippen molar-refractivity contribution in [1.29, 1.82) is 0 Å². The number of carbonyl (C=O) groups excluding carboxylic acids is 1. The summed E-state index contributed by atoms with van der Waals surface area (Å²) in [4.78, 5) is 29.1. The van der Waals surface area contributed by atoms with Gasteiger partial charge in [-0.1, -0.05) is 12.1 Å². The fourth-order valence-electron chi connectivity index (χ4n) is 2.97. The number of amides is 1. The van der Waals surface area contributed by atoms with E-state index in [1.54, 1.807) is 12.1 Å². The number of fused-ring (bicyclic) bond motifs is 1. The topological polar surface area (TPSA) is 82.5 Å². The number of nitrogens with one attached hydrogen (secondary N) is 1. The number of hydrogen-bond donors (Lipinski definition) is 1. The summed E-state index contributed by atoms with van der Waals surface area (Å²) in [5.41, 5.74) is 3.69. The molecule has 28 heavy (non-hydrogen) atoms. The molecule has 0 spiro atoms. The van der Waals surface area contributed by atoms with Crippen molar-refractivity contribution < 1.29 is 14.3 Å². The van der Waals surface area contributed by atoms with E-state index in [2.05, 4.69) is 10.3 Å². The molecule has 0 aliphatic carbocycles. The first-order chi connectivity index (χ1) is 13.5. The number of hydrogen-bond acceptors (Lipinski definition) is 5. The summed E-state index contributed by atoms with van der Waals surface area (Å²) in [6, 6.07) is 12.6. The summed E-state index contributed by atoms with van der Waals surface area (Å²) in [7, 11) is 0. The van der Waals surface area contributed by atoms with Gasteiger partial charge >= 0.3 is 0 Å². The molecule has 4 rings (SSSR count). The number of ether oxygens (including phenoxy) is 2. The van der Waals surface area contributed by atoms with Gasteiger partial charge in [0.25, 0.3) is 5.56 Å². The molecular weight excluding hydrogens is 358 g/mol. The molecule has 3 aromatic rings. The van der Waals surface area contributed by atoms with E-state index in [9.17, 15) is 9.59 Å². The fraction of sp³-hybridized carbons (Fsp3) is 0.190. The lowest BCUT2D eigenvalue weighted by atomic mass is 10.1. The Morgan fingerprint density at radius 3 is 2.75 bits per heavy atom. The molecule has 1 amide bonds. The minimum Gasteiger partial charge on any atom is -0.454 e. The average molecular weight is 377 g/mol. The van der Waals surface area contributed by atoms with Crippen molar-refractivity contribution in [3.63, 3.8) is 0 Å². The lowest BCUT2D eigenvalue weighted by molar-refractivity contribution is -0.116. The lowest BCUT2D eigenvalue weighted by Crippen LogP contribution is -2.27. The van der Waals surface area contributed by atoms with E-state index in [-0.39, 0.29) is 24.8 Å². The predicted octanol–water partition coefficient (Wildman–Crippen LogP) is 2.89. The van der Waals surface area contributed by atoms with Gasteiger partial charge in [-0.3, -0.25) is 14.2 Å². The van der Waals surface area contributed by atoms with Gasteiger partial charge in [-0.2, -0.15) is 0 Å². The highest BCUT2D eigenvalue weighted by molar-refractivity contribution is 5.91. The van der Waals surface area contributed by atoms with Gasteiger partial charge in [0.15, 0.2) is 11.5 Å². The third kappa shape index (κ3) is 3.59. The van der Waals surface area contributed by atoms with Crippen LogP contribution in [0.15, 0.2) is 53.6 Å². The summed E-state index contributed by atoms with van der Waals surface area (Å²) in [5, 5.41) is 2.84. The molecule has 0 bridgehead atoms. The minimum absolute atomic E-state index is 0.110. The second kappa shape index (κ2) is 7.19. The van der Waals surface area contributed by atoms with Crippen LogP contribution in [0.1, 0.15) is 11.1 Å². The largest absolute Gasteiger partial charge is 0.454 e. The van der Waals surface area contributed by atoms with E-state index < -0.39 is 0 Å². The highest BCUT2D eigenvalue weighted by atomic mass is 16.7. The van der Waals surface area contributed by atoms with Crippen molar-refractivity contribution >= 4 is 11.6 Å². The highest BCUT2D eigenvalue weighted by Crippen LogP contribution is 2.35. The third-order valence-electron chi connectivity index (χ3n) is 4.53. The van der Waals surface area contributed by atoms with Crippen LogP contribution >= 0.6 is 0 Å². The zero-order valence-electron chi connectivity index (χ0n) is 15.6. The number of anilines is 1. The molecule has 0 saturated carbocycles. The number of aryl methyl sites for hydroxylation is 2. The van der Waals surface area contributed by atoms with Crippen molar-refractivity contribution in [2.24, 2.45) is 0 Å². The summed E-state index contributed by atoms with van der Waals surface area (Å²) < 4.78 is 11.9. The molecule has 0 fully saturated rings. The maximum absolute atomic E-state index is 12.4. The second-order valence-electron chi connectivity index (χ2n) is 6.67. The van der Waals surface area contributed by atoms with E-state index in [0.717, 1.165) is 22.4 Å². The van der Waals surface area contributed by atoms with Crippen LogP contribution in [0.25, 0.3) is 11.3 Å². The maximum atomic E-state index is 12.4. The van der Waals surface area contributed by atoms with Crippen LogP contribution in [0.3, 0.4) is 0 Å². The molecule has 0 saturated heterocycles. The first kappa shape index (κ1) is 17.8. The van der Waals surface area contributed by atoms with Crippen molar-refractivity contribution in [3.05, 3.63) is 70.3 Å². The molecule has 2 heterocycles. The number of nitrogens with zero attached hydrogens (tertiary/aromatic N) is 2. The van der Waals surface area contributed by atoms with Gasteiger partial charge in [0.2, 0.25) is 12.7 Å². The fourth-order valence-corrected chi connectivity index (χ4v) is 2.97. The van der Waals surface area contributed by atoms with E-state index in [1.807, 2.05) is 38.1 Å². The first-order valence-electron chi connectivity index (χ1n) is 8.83. The molecule has 2 aromatic carbocycles. The number of aromatic nitrogens is 2. The Hall–Kier alpha value is -3.61. The van der Waals surface area contributed by atoms with Gasteiger partial charge in [-0.15, -0.1) is 0 Å². The molecule has 1 N–H and O–H groups in total. The molecule has 7 heteroatoms. The Balaban J connectivity index is 1.51. The Bertz CT molecular complexity index is 1120. The Labute approximate surface area is 161 Å². The van der Waals surface area contributed by atoms with Gasteiger partial charge in [0.1, 0.15) is 6.54 Å². The van der Waals surface area contributed by atoms with Crippen molar-refractivity contribution in [3.8, 4) is 22.8 Å². The van der Waals surface area contributed by atoms with Crippen molar-refractivity contribution in [1.82, 2.24) is 9.55 Å². The SMILES string of the molecule is Cc1ccc(C)c(NC(=O)Cn2cnc(-c3ccc4c(c3)OCO4)cc2=O)c1. The molecule has 0 unspecified atom stereocenters. The van der Waals surface area contributed by atoms with Crippen LogP contribution in [-0.4, -0.2) is 22.3 Å². The highest BCUT2D eigenvalue weighted by Gasteiger charge is 2.15. The van der Waals surface area contributed by atoms with Gasteiger partial charge in [0, 0.05) is 17.3 Å². The normalized spacial score (nSPS) is 12.1. The summed E-state index contributed by atoms with van der Waals surface area (Å²) in [5.74, 6) is 1.00. The summed E-state index contributed by atoms with van der Waals surface area (Å²) in [6.07, 6.45) is 1.38. The number of carbonyl (C=O) groups is 1. The zero-order chi connectivity index (χ0) is 19.7. The van der Waals surface area contributed by atoms with Gasteiger partial charge in [0.05, 0.1) is 12.0 Å². The Kier molecular flexibility index (Phi) is 4.57. The van der Waals surface area contributed by atoms with Crippen LogP contribution in [0, 0.1) is 13.8 Å².